The summed E-state index contributed by atoms with van der Waals surface area (Å²) in [6.45, 7) is 5.86. The zero-order valence-corrected chi connectivity index (χ0v) is 22.7. The van der Waals surface area contributed by atoms with E-state index in [1.165, 1.54) is 4.57 Å². The third-order valence-electron chi connectivity index (χ3n) is 7.02. The molecule has 0 spiro atoms. The number of ketones is 1. The molecule has 0 saturated carbocycles. The van der Waals surface area contributed by atoms with E-state index >= 15 is 0 Å². The van der Waals surface area contributed by atoms with Crippen molar-refractivity contribution < 1.29 is 28.3 Å². The molecule has 0 aliphatic carbocycles. The van der Waals surface area contributed by atoms with Crippen LogP contribution in [0.2, 0.25) is 0 Å². The van der Waals surface area contributed by atoms with Crippen LogP contribution in [0.5, 0.6) is 0 Å². The van der Waals surface area contributed by atoms with Gasteiger partial charge in [0.25, 0.3) is 0 Å². The van der Waals surface area contributed by atoms with Crippen LogP contribution in [-0.4, -0.2) is 46.7 Å². The monoisotopic (exact) mass is 537 g/mol. The van der Waals surface area contributed by atoms with Crippen molar-refractivity contribution in [2.75, 3.05) is 13.2 Å². The Kier molecular flexibility index (Phi) is 7.96. The van der Waals surface area contributed by atoms with Crippen LogP contribution in [0.25, 0.3) is 22.2 Å². The number of nitrogens with zero attached hydrogens (tertiary/aromatic N) is 1. The van der Waals surface area contributed by atoms with Crippen molar-refractivity contribution in [1.29, 1.82) is 0 Å². The van der Waals surface area contributed by atoms with Crippen LogP contribution in [0, 0.1) is 5.92 Å². The van der Waals surface area contributed by atoms with E-state index in [2.05, 4.69) is 5.32 Å². The molecule has 39 heavy (non-hydrogen) atoms. The lowest BCUT2D eigenvalue weighted by Crippen LogP contribution is -2.58. The van der Waals surface area contributed by atoms with Gasteiger partial charge in [0.1, 0.15) is 11.1 Å². The lowest BCUT2D eigenvalue weighted by Gasteiger charge is -2.37. The number of Topliss-reactive ketones (excluding diaryl/α,β-unsaturated/α-hetero) is 1. The molecule has 10 heteroatoms. The number of hydrogen-bond donors (Lipinski definition) is 2. The smallest absolute Gasteiger partial charge is 0.419 e. The predicted octanol–water partition coefficient (Wildman–Crippen LogP) is 3.48. The fraction of sp³-hybridized carbons (Fsp3) is 0.448. The lowest BCUT2D eigenvalue weighted by molar-refractivity contribution is -0.133. The van der Waals surface area contributed by atoms with Crippen molar-refractivity contribution >= 4 is 28.9 Å². The maximum atomic E-state index is 13.5. The van der Waals surface area contributed by atoms with Crippen molar-refractivity contribution in [3.8, 4) is 11.1 Å². The van der Waals surface area contributed by atoms with Crippen LogP contribution >= 0.6 is 0 Å². The van der Waals surface area contributed by atoms with E-state index in [1.807, 2.05) is 36.4 Å². The maximum absolute atomic E-state index is 13.5. The number of benzene rings is 2. The summed E-state index contributed by atoms with van der Waals surface area (Å²) < 4.78 is 17.5. The number of nitrogens with one attached hydrogen (secondary N) is 1. The second-order valence-corrected chi connectivity index (χ2v) is 11.1. The molecule has 10 nitrogen and oxygen atoms in total. The summed E-state index contributed by atoms with van der Waals surface area (Å²) in [5, 5.41) is 2.77. The molecular formula is C29H35N3O7. The molecule has 3 N–H and O–H groups in total. The Morgan fingerprint density at radius 2 is 1.72 bits per heavy atom. The number of primary amides is 1. The third kappa shape index (κ3) is 6.57. The molecule has 1 fully saturated rings. The minimum absolute atomic E-state index is 0.113. The number of nitrogens with two attached hydrogens (primary N) is 1. The lowest BCUT2D eigenvalue weighted by atomic mass is 9.80. The minimum Gasteiger partial charge on any atom is -0.444 e. The van der Waals surface area contributed by atoms with Gasteiger partial charge in [-0.05, 0) is 56.0 Å². The highest BCUT2D eigenvalue weighted by atomic mass is 16.6. The van der Waals surface area contributed by atoms with E-state index in [1.54, 1.807) is 33.9 Å². The molecule has 4 rings (SSSR count). The molecule has 1 aliphatic heterocycles. The fourth-order valence-corrected chi connectivity index (χ4v) is 4.81. The Labute approximate surface area is 226 Å². The summed E-state index contributed by atoms with van der Waals surface area (Å²) in [4.78, 5) is 50.3. The summed E-state index contributed by atoms with van der Waals surface area (Å²) in [6.07, 6.45) is 0.0568. The van der Waals surface area contributed by atoms with Crippen molar-refractivity contribution in [2.45, 2.75) is 57.6 Å². The van der Waals surface area contributed by atoms with Gasteiger partial charge in [-0.25, -0.2) is 9.59 Å². The SMILES string of the molecule is Cn1c(=O)oc2ccc(-c3ccc(C[C@H](CC(=O)C4(NC(=O)OC(C)(C)C)CCOCC4)C(N)=O)cc3)cc21. The number of carbonyl (C=O) groups is 3. The van der Waals surface area contributed by atoms with E-state index in [4.69, 9.17) is 19.6 Å². The molecule has 208 valence electrons. The maximum Gasteiger partial charge on any atom is 0.419 e. The van der Waals surface area contributed by atoms with Crippen LogP contribution < -0.4 is 16.8 Å². The second kappa shape index (κ2) is 11.1. The highest BCUT2D eigenvalue weighted by Crippen LogP contribution is 2.28. The normalized spacial score (nSPS) is 16.0. The first-order valence-corrected chi connectivity index (χ1v) is 13.0. The fourth-order valence-electron chi connectivity index (χ4n) is 4.81. The molecule has 2 heterocycles. The standard InChI is InChI=1S/C29H35N3O7/c1-28(2,3)39-26(35)31-29(11-13-37-14-12-29)24(33)17-21(25(30)34)15-18-5-7-19(8-6-18)20-9-10-23-22(16-20)32(4)27(36)38-23/h5-10,16,21H,11-15,17H2,1-4H3,(H2,30,34)(H,31,35)/t21-/m1/s1. The number of aryl methyl sites for hydroxylation is 1. The highest BCUT2D eigenvalue weighted by Gasteiger charge is 2.43. The van der Waals surface area contributed by atoms with Crippen LogP contribution in [-0.2, 0) is 32.5 Å². The van der Waals surface area contributed by atoms with E-state index in [0.29, 0.717) is 24.3 Å². The van der Waals surface area contributed by atoms with Gasteiger partial charge < -0.3 is 24.9 Å². The first-order chi connectivity index (χ1) is 18.4. The predicted molar refractivity (Wildman–Crippen MR) is 145 cm³/mol. The van der Waals surface area contributed by atoms with Crippen LogP contribution in [0.1, 0.15) is 45.6 Å². The van der Waals surface area contributed by atoms with Gasteiger partial charge in [0.05, 0.1) is 5.52 Å². The van der Waals surface area contributed by atoms with Crippen molar-refractivity contribution in [2.24, 2.45) is 18.7 Å². The van der Waals surface area contributed by atoms with Gasteiger partial charge >= 0.3 is 11.8 Å². The van der Waals surface area contributed by atoms with Gasteiger partial charge in [0.15, 0.2) is 11.4 Å². The van der Waals surface area contributed by atoms with Crippen molar-refractivity contribution in [3.05, 3.63) is 58.6 Å². The first kappa shape index (κ1) is 28.1. The van der Waals surface area contributed by atoms with Gasteiger partial charge in [0, 0.05) is 45.4 Å². The van der Waals surface area contributed by atoms with Gasteiger partial charge in [-0.3, -0.25) is 14.2 Å². The van der Waals surface area contributed by atoms with Gasteiger partial charge in [-0.2, -0.15) is 0 Å². The zero-order valence-electron chi connectivity index (χ0n) is 22.7. The number of amides is 2. The summed E-state index contributed by atoms with van der Waals surface area (Å²) in [5.74, 6) is -2.02. The third-order valence-corrected chi connectivity index (χ3v) is 7.02. The topological polar surface area (TPSA) is 143 Å². The number of oxazole rings is 1. The van der Waals surface area contributed by atoms with Crippen molar-refractivity contribution in [1.82, 2.24) is 9.88 Å². The average Bonchev–Trinajstić information content (AvgIpc) is 3.16. The summed E-state index contributed by atoms with van der Waals surface area (Å²) >= 11 is 0. The quantitative estimate of drug-likeness (QED) is 0.448. The molecule has 1 aromatic heterocycles. The number of rotatable bonds is 8. The van der Waals surface area contributed by atoms with Gasteiger partial charge in [-0.15, -0.1) is 0 Å². The summed E-state index contributed by atoms with van der Waals surface area (Å²) in [5.41, 5.74) is 7.69. The number of fused-ring (bicyclic) bond motifs is 1. The molecular weight excluding hydrogens is 502 g/mol. The number of ether oxygens (including phenoxy) is 2. The molecule has 2 amide bonds. The average molecular weight is 538 g/mol. The number of alkyl carbamates (subject to hydrolysis) is 1. The van der Waals surface area contributed by atoms with Gasteiger partial charge in [0.2, 0.25) is 5.91 Å². The summed E-state index contributed by atoms with van der Waals surface area (Å²) in [7, 11) is 1.65. The molecule has 1 atom stereocenters. The Hall–Kier alpha value is -3.92. The number of aromatic nitrogens is 1. The van der Waals surface area contributed by atoms with E-state index in [0.717, 1.165) is 16.7 Å². The molecule has 1 saturated heterocycles. The Morgan fingerprint density at radius 3 is 2.33 bits per heavy atom. The van der Waals surface area contributed by atoms with E-state index < -0.39 is 34.8 Å². The highest BCUT2D eigenvalue weighted by molar-refractivity contribution is 5.94. The second-order valence-electron chi connectivity index (χ2n) is 11.1. The van der Waals surface area contributed by atoms with Crippen molar-refractivity contribution in [3.63, 3.8) is 0 Å². The summed E-state index contributed by atoms with van der Waals surface area (Å²) in [6, 6.07) is 13.1. The van der Waals surface area contributed by atoms with Crippen LogP contribution in [0.15, 0.2) is 51.7 Å². The van der Waals surface area contributed by atoms with Gasteiger partial charge in [-0.1, -0.05) is 30.3 Å². The Bertz CT molecular complexity index is 1420. The molecule has 2 aromatic carbocycles. The Morgan fingerprint density at radius 1 is 1.08 bits per heavy atom. The van der Waals surface area contributed by atoms with Crippen LogP contribution in [0.4, 0.5) is 4.79 Å². The largest absolute Gasteiger partial charge is 0.444 e. The molecule has 0 unspecified atom stereocenters. The Balaban J connectivity index is 1.48. The number of hydrogen-bond acceptors (Lipinski definition) is 7. The van der Waals surface area contributed by atoms with Crippen LogP contribution in [0.3, 0.4) is 0 Å². The molecule has 3 aromatic rings. The zero-order chi connectivity index (χ0) is 28.4. The minimum atomic E-state index is -1.18. The first-order valence-electron chi connectivity index (χ1n) is 13.0. The number of carbonyl (C=O) groups excluding carboxylic acids is 3. The molecule has 0 bridgehead atoms. The van der Waals surface area contributed by atoms with E-state index in [-0.39, 0.29) is 31.5 Å². The molecule has 1 aliphatic rings. The molecule has 0 radical (unpaired) electrons. The van der Waals surface area contributed by atoms with E-state index in [9.17, 15) is 19.2 Å².